The molecule has 0 aliphatic carbocycles. The molecular formula is C31H38N6O6. The van der Waals surface area contributed by atoms with Gasteiger partial charge < -0.3 is 36.0 Å². The number of hydrogen-bond acceptors (Lipinski definition) is 8. The first-order valence-electron chi connectivity index (χ1n) is 14.3. The third kappa shape index (κ3) is 6.75. The summed E-state index contributed by atoms with van der Waals surface area (Å²) in [7, 11) is 0. The minimum atomic E-state index is -1.53. The molecular weight excluding hydrogens is 552 g/mol. The highest BCUT2D eigenvalue weighted by molar-refractivity contribution is 6.10. The Balaban J connectivity index is 1.54. The number of guanidine groups is 1. The summed E-state index contributed by atoms with van der Waals surface area (Å²) in [5, 5.41) is 5.63. The van der Waals surface area contributed by atoms with Gasteiger partial charge in [-0.05, 0) is 42.5 Å². The van der Waals surface area contributed by atoms with Crippen LogP contribution in [0, 0.1) is 5.92 Å². The second-order valence-electron chi connectivity index (χ2n) is 11.0. The van der Waals surface area contributed by atoms with Crippen LogP contribution in [0.3, 0.4) is 0 Å². The first-order chi connectivity index (χ1) is 20.7. The van der Waals surface area contributed by atoms with Gasteiger partial charge >= 0.3 is 5.97 Å². The summed E-state index contributed by atoms with van der Waals surface area (Å²) in [5.74, 6) is -2.04. The fourth-order valence-corrected chi connectivity index (χ4v) is 5.74. The van der Waals surface area contributed by atoms with Gasteiger partial charge in [0.15, 0.2) is 5.96 Å². The zero-order chi connectivity index (χ0) is 31.0. The smallest absolute Gasteiger partial charge is 0.329 e. The fourth-order valence-electron chi connectivity index (χ4n) is 5.74. The Labute approximate surface area is 250 Å². The van der Waals surface area contributed by atoms with Gasteiger partial charge in [0.05, 0.1) is 17.8 Å². The summed E-state index contributed by atoms with van der Waals surface area (Å²) in [5.41, 5.74) is 10.2. The topological polar surface area (TPSA) is 196 Å². The van der Waals surface area contributed by atoms with E-state index in [0.717, 1.165) is 36.8 Å². The number of nitrogens with one attached hydrogen (secondary N) is 2. The van der Waals surface area contributed by atoms with Gasteiger partial charge in [0.2, 0.25) is 5.91 Å². The van der Waals surface area contributed by atoms with Crippen LogP contribution in [0.5, 0.6) is 0 Å². The molecule has 0 bridgehead atoms. The number of hydrogen-bond donors (Lipinski definition) is 4. The largest absolute Gasteiger partial charge is 0.459 e. The van der Waals surface area contributed by atoms with Gasteiger partial charge in [-0.1, -0.05) is 49.7 Å². The Bertz CT molecular complexity index is 1390. The maximum absolute atomic E-state index is 13.6. The Kier molecular flexibility index (Phi) is 9.92. The zero-order valence-corrected chi connectivity index (χ0v) is 24.2. The number of benzene rings is 2. The van der Waals surface area contributed by atoms with Crippen molar-refractivity contribution >= 4 is 42.0 Å². The monoisotopic (exact) mass is 590 g/mol. The highest BCUT2D eigenvalue weighted by Gasteiger charge is 2.75. The molecule has 2 amide bonds. The number of rotatable bonds is 15. The quantitative estimate of drug-likeness (QED) is 0.0584. The van der Waals surface area contributed by atoms with Crippen LogP contribution < -0.4 is 27.0 Å². The minimum absolute atomic E-state index is 0.00713. The van der Waals surface area contributed by atoms with Crippen LogP contribution in [0.1, 0.15) is 54.1 Å². The van der Waals surface area contributed by atoms with Crippen molar-refractivity contribution in [1.82, 2.24) is 10.6 Å². The molecule has 228 valence electrons. The van der Waals surface area contributed by atoms with Crippen molar-refractivity contribution in [1.29, 1.82) is 0 Å². The molecule has 1 fully saturated rings. The lowest BCUT2D eigenvalue weighted by atomic mass is 9.81. The highest BCUT2D eigenvalue weighted by atomic mass is 16.5. The third-order valence-corrected chi connectivity index (χ3v) is 8.11. The van der Waals surface area contributed by atoms with E-state index < -0.39 is 23.0 Å². The molecule has 2 heterocycles. The summed E-state index contributed by atoms with van der Waals surface area (Å²) in [6, 6.07) is 14.5. The average Bonchev–Trinajstić information content (AvgIpc) is 3.71. The van der Waals surface area contributed by atoms with E-state index in [1.54, 1.807) is 31.2 Å². The van der Waals surface area contributed by atoms with E-state index in [1.807, 2.05) is 24.3 Å². The van der Waals surface area contributed by atoms with Gasteiger partial charge in [-0.2, -0.15) is 0 Å². The Morgan fingerprint density at radius 3 is 2.56 bits per heavy atom. The molecule has 0 spiro atoms. The molecule has 2 aromatic carbocycles. The lowest BCUT2D eigenvalue weighted by Crippen LogP contribution is -2.49. The van der Waals surface area contributed by atoms with Crippen LogP contribution in [0.25, 0.3) is 0 Å². The van der Waals surface area contributed by atoms with Gasteiger partial charge in [0.1, 0.15) is 30.3 Å². The van der Waals surface area contributed by atoms with Crippen LogP contribution in [0.2, 0.25) is 0 Å². The second kappa shape index (κ2) is 13.6. The number of aryl methyl sites for hydroxylation is 1. The normalized spacial score (nSPS) is 21.6. The Morgan fingerprint density at radius 2 is 1.86 bits per heavy atom. The van der Waals surface area contributed by atoms with Gasteiger partial charge in [-0.3, -0.25) is 19.9 Å². The number of anilines is 1. The number of aldehydes is 2. The molecule has 0 saturated carbocycles. The molecule has 2 unspecified atom stereocenters. The predicted octanol–water partition coefficient (Wildman–Crippen LogP) is 0.997. The highest BCUT2D eigenvalue weighted by Crippen LogP contribution is 2.47. The van der Waals surface area contributed by atoms with Crippen LogP contribution >= 0.6 is 0 Å². The van der Waals surface area contributed by atoms with Crippen LogP contribution in [-0.2, 0) is 36.9 Å². The van der Waals surface area contributed by atoms with Gasteiger partial charge in [0.25, 0.3) is 5.91 Å². The van der Waals surface area contributed by atoms with Crippen molar-refractivity contribution in [2.75, 3.05) is 24.5 Å². The molecule has 3 atom stereocenters. The molecule has 2 aliphatic rings. The van der Waals surface area contributed by atoms with Crippen LogP contribution in [0.4, 0.5) is 5.69 Å². The summed E-state index contributed by atoms with van der Waals surface area (Å²) in [6.45, 7) is 2.02. The molecule has 43 heavy (non-hydrogen) atoms. The number of nitrogens with zero attached hydrogens (tertiary/aromatic N) is 2. The number of ether oxygens (including phenoxy) is 1. The van der Waals surface area contributed by atoms with Gasteiger partial charge in [-0.25, -0.2) is 4.79 Å². The second-order valence-corrected chi connectivity index (χ2v) is 11.0. The maximum Gasteiger partial charge on any atom is 0.329 e. The molecule has 12 heteroatoms. The van der Waals surface area contributed by atoms with Crippen LogP contribution in [0.15, 0.2) is 53.5 Å². The van der Waals surface area contributed by atoms with E-state index in [9.17, 15) is 24.0 Å². The van der Waals surface area contributed by atoms with E-state index in [1.165, 1.54) is 4.90 Å². The molecule has 0 aromatic heterocycles. The Hall–Kier alpha value is -4.58. The summed E-state index contributed by atoms with van der Waals surface area (Å²) < 4.78 is 5.63. The van der Waals surface area contributed by atoms with Gasteiger partial charge in [0, 0.05) is 25.4 Å². The number of esters is 1. The molecule has 4 rings (SSSR count). The van der Waals surface area contributed by atoms with Crippen molar-refractivity contribution in [3.05, 3.63) is 65.2 Å². The molecule has 2 aromatic rings. The SMILES string of the molecule is CC(CN1C(=O)CNC(=O)c2cc(CCCCCN=C(N)N)ccc21)[C@@]1(C(=O)OCc2ccccc2)NC1(C=O)CC=O. The predicted molar refractivity (Wildman–Crippen MR) is 160 cm³/mol. The lowest BCUT2D eigenvalue weighted by Gasteiger charge is -2.30. The Morgan fingerprint density at radius 1 is 1.09 bits per heavy atom. The van der Waals surface area contributed by atoms with Crippen LogP contribution in [-0.4, -0.2) is 67.0 Å². The summed E-state index contributed by atoms with van der Waals surface area (Å²) >= 11 is 0. The summed E-state index contributed by atoms with van der Waals surface area (Å²) in [6.07, 6.45) is 4.23. The number of unbranched alkanes of at least 4 members (excludes halogenated alkanes) is 2. The van der Waals surface area contributed by atoms with Gasteiger partial charge in [-0.15, -0.1) is 0 Å². The van der Waals surface area contributed by atoms with E-state index in [4.69, 9.17) is 16.2 Å². The van der Waals surface area contributed by atoms with E-state index in [2.05, 4.69) is 15.6 Å². The maximum atomic E-state index is 13.6. The number of amides is 2. The van der Waals surface area contributed by atoms with E-state index in [0.29, 0.717) is 30.4 Å². The zero-order valence-electron chi connectivity index (χ0n) is 24.2. The fraction of sp³-hybridized carbons (Fsp3) is 0.419. The van der Waals surface area contributed by atoms with Crippen molar-refractivity contribution in [3.63, 3.8) is 0 Å². The lowest BCUT2D eigenvalue weighted by molar-refractivity contribution is -0.150. The molecule has 6 N–H and O–H groups in total. The van der Waals surface area contributed by atoms with Crippen molar-refractivity contribution in [2.45, 2.75) is 56.7 Å². The molecule has 0 radical (unpaired) electrons. The first kappa shape index (κ1) is 31.4. The van der Waals surface area contributed by atoms with Crippen molar-refractivity contribution in [2.24, 2.45) is 22.4 Å². The standard InChI is InChI=1S/C31H38N6O6/c1-21(31(30(20-39,36-31)13-15-38)28(42)43-19-23-9-4-2-5-10-23)18-37-25-12-11-22(8-6-3-7-14-34-29(32)33)16-24(25)27(41)35-17-26(37)40/h2,4-5,9-12,15-16,20-21,36H,3,6-8,13-14,17-19H2,1H3,(H,35,41)(H4,32,33,34)/t21?,30?,31-/m0/s1. The van der Waals surface area contributed by atoms with E-state index in [-0.39, 0.29) is 43.9 Å². The number of carbonyl (C=O) groups is 5. The average molecular weight is 591 g/mol. The molecule has 12 nitrogen and oxygen atoms in total. The van der Waals surface area contributed by atoms with Crippen molar-refractivity contribution < 1.29 is 28.7 Å². The summed E-state index contributed by atoms with van der Waals surface area (Å²) in [4.78, 5) is 69.1. The molecule has 2 aliphatic heterocycles. The minimum Gasteiger partial charge on any atom is -0.459 e. The number of fused-ring (bicyclic) bond motifs is 1. The number of carbonyl (C=O) groups excluding carboxylic acids is 5. The number of nitrogens with two attached hydrogens (primary N) is 2. The van der Waals surface area contributed by atoms with Crippen molar-refractivity contribution in [3.8, 4) is 0 Å². The third-order valence-electron chi connectivity index (χ3n) is 8.11. The number of aliphatic imine (C=N–C) groups is 1. The first-order valence-corrected chi connectivity index (χ1v) is 14.3. The molecule has 1 saturated heterocycles. The van der Waals surface area contributed by atoms with E-state index >= 15 is 0 Å².